The molecular weight excluding hydrogens is 262 g/mol. The third kappa shape index (κ3) is 3.80. The number of nitrogens with one attached hydrogen (secondary N) is 1. The molecule has 0 radical (unpaired) electrons. The largest absolute Gasteiger partial charge is 0.348 e. The van der Waals surface area contributed by atoms with Gasteiger partial charge < -0.3 is 16.8 Å². The maximum absolute atomic E-state index is 12.1. The summed E-state index contributed by atoms with van der Waals surface area (Å²) in [5.41, 5.74) is 12.4. The lowest BCUT2D eigenvalue weighted by Gasteiger charge is -2.19. The van der Waals surface area contributed by atoms with Crippen LogP contribution in [0.5, 0.6) is 0 Å². The molecule has 2 rings (SSSR count). The van der Waals surface area contributed by atoms with Crippen molar-refractivity contribution in [2.75, 3.05) is 6.54 Å². The van der Waals surface area contributed by atoms with Crippen molar-refractivity contribution in [2.45, 2.75) is 31.8 Å². The summed E-state index contributed by atoms with van der Waals surface area (Å²) in [5, 5.41) is 5.32. The molecule has 0 spiro atoms. The molecule has 0 bridgehead atoms. The molecule has 0 heterocycles. The summed E-state index contributed by atoms with van der Waals surface area (Å²) >= 11 is 0. The van der Waals surface area contributed by atoms with Gasteiger partial charge in [0.05, 0.1) is 12.1 Å². The van der Waals surface area contributed by atoms with Gasteiger partial charge >= 0.3 is 0 Å². The summed E-state index contributed by atoms with van der Waals surface area (Å²) in [6.45, 7) is 2.54. The molecule has 2 aromatic carbocycles. The predicted octanol–water partition coefficient (Wildman–Crippen LogP) is 2.08. The summed E-state index contributed by atoms with van der Waals surface area (Å²) in [4.78, 5) is 12.1. The Labute approximate surface area is 125 Å². The number of nitrogens with two attached hydrogens (primary N) is 2. The van der Waals surface area contributed by atoms with Crippen LogP contribution in [0.1, 0.15) is 31.4 Å². The fourth-order valence-electron chi connectivity index (χ4n) is 2.50. The average molecular weight is 285 g/mol. The molecule has 4 heteroatoms. The summed E-state index contributed by atoms with van der Waals surface area (Å²) < 4.78 is 0. The molecule has 0 saturated heterocycles. The number of hydrogen-bond acceptors (Lipinski definition) is 3. The molecule has 2 aromatic rings. The van der Waals surface area contributed by atoms with Gasteiger partial charge in [-0.25, -0.2) is 0 Å². The number of hydrogen-bond donors (Lipinski definition) is 3. The first-order chi connectivity index (χ1) is 10.1. The van der Waals surface area contributed by atoms with Crippen molar-refractivity contribution in [3.05, 3.63) is 48.0 Å². The molecule has 0 aliphatic rings. The number of rotatable bonds is 6. The highest BCUT2D eigenvalue weighted by Gasteiger charge is 2.17. The SMILES string of the molecule is CC(NC(=O)[C@H](N)CCCN)c1cccc2ccccc12. The van der Waals surface area contributed by atoms with Crippen LogP contribution in [-0.2, 0) is 4.79 Å². The standard InChI is InChI=1S/C17H23N3O/c1-12(20-17(21)16(19)10-5-11-18)14-9-4-7-13-6-2-3-8-15(13)14/h2-4,6-9,12,16H,5,10-11,18-19H2,1H3,(H,20,21)/t12?,16-/m1/s1. The number of benzene rings is 2. The Morgan fingerprint density at radius 1 is 1.19 bits per heavy atom. The Morgan fingerprint density at radius 2 is 1.90 bits per heavy atom. The fraction of sp³-hybridized carbons (Fsp3) is 0.353. The van der Waals surface area contributed by atoms with Crippen LogP contribution in [0.3, 0.4) is 0 Å². The Hall–Kier alpha value is -1.91. The second-order valence-corrected chi connectivity index (χ2v) is 5.34. The molecule has 5 N–H and O–H groups in total. The minimum absolute atomic E-state index is 0.0764. The van der Waals surface area contributed by atoms with Crippen molar-refractivity contribution in [1.29, 1.82) is 0 Å². The van der Waals surface area contributed by atoms with Crippen LogP contribution in [0, 0.1) is 0 Å². The molecular formula is C17H23N3O. The van der Waals surface area contributed by atoms with E-state index >= 15 is 0 Å². The Balaban J connectivity index is 2.12. The molecule has 1 unspecified atom stereocenters. The molecule has 4 nitrogen and oxygen atoms in total. The van der Waals surface area contributed by atoms with E-state index < -0.39 is 6.04 Å². The average Bonchev–Trinajstić information content (AvgIpc) is 2.51. The second-order valence-electron chi connectivity index (χ2n) is 5.34. The van der Waals surface area contributed by atoms with E-state index in [9.17, 15) is 4.79 Å². The quantitative estimate of drug-likeness (QED) is 0.760. The highest BCUT2D eigenvalue weighted by molar-refractivity contribution is 5.87. The van der Waals surface area contributed by atoms with Crippen molar-refractivity contribution in [3.8, 4) is 0 Å². The predicted molar refractivity (Wildman–Crippen MR) is 86.8 cm³/mol. The van der Waals surface area contributed by atoms with E-state index in [1.807, 2.05) is 31.2 Å². The summed E-state index contributed by atoms with van der Waals surface area (Å²) in [7, 11) is 0. The van der Waals surface area contributed by atoms with Crippen LogP contribution in [0.25, 0.3) is 10.8 Å². The van der Waals surface area contributed by atoms with E-state index in [1.165, 1.54) is 5.39 Å². The zero-order chi connectivity index (χ0) is 15.2. The lowest BCUT2D eigenvalue weighted by Crippen LogP contribution is -2.41. The topological polar surface area (TPSA) is 81.1 Å². The number of carbonyl (C=O) groups excluding carboxylic acids is 1. The van der Waals surface area contributed by atoms with Crippen molar-refractivity contribution < 1.29 is 4.79 Å². The minimum atomic E-state index is -0.494. The van der Waals surface area contributed by atoms with E-state index in [4.69, 9.17) is 11.5 Å². The van der Waals surface area contributed by atoms with Gasteiger partial charge in [-0.2, -0.15) is 0 Å². The Bertz CT molecular complexity index is 607. The smallest absolute Gasteiger partial charge is 0.237 e. The fourth-order valence-corrected chi connectivity index (χ4v) is 2.50. The van der Waals surface area contributed by atoms with Gasteiger partial charge in [0, 0.05) is 0 Å². The van der Waals surface area contributed by atoms with Gasteiger partial charge in [-0.3, -0.25) is 4.79 Å². The molecule has 2 atom stereocenters. The number of carbonyl (C=O) groups is 1. The molecule has 0 saturated carbocycles. The highest BCUT2D eigenvalue weighted by Crippen LogP contribution is 2.24. The molecule has 0 aliphatic carbocycles. The zero-order valence-electron chi connectivity index (χ0n) is 12.4. The molecule has 1 amide bonds. The number of amides is 1. The van der Waals surface area contributed by atoms with Gasteiger partial charge in [0.2, 0.25) is 5.91 Å². The maximum Gasteiger partial charge on any atom is 0.237 e. The van der Waals surface area contributed by atoms with E-state index in [1.54, 1.807) is 0 Å². The Morgan fingerprint density at radius 3 is 2.67 bits per heavy atom. The first-order valence-corrected chi connectivity index (χ1v) is 7.37. The lowest BCUT2D eigenvalue weighted by molar-refractivity contribution is -0.123. The molecule has 0 fully saturated rings. The minimum Gasteiger partial charge on any atom is -0.348 e. The third-order valence-corrected chi connectivity index (χ3v) is 3.70. The Kier molecular flexibility index (Phi) is 5.31. The van der Waals surface area contributed by atoms with E-state index in [-0.39, 0.29) is 11.9 Å². The molecule has 0 aromatic heterocycles. The second kappa shape index (κ2) is 7.20. The van der Waals surface area contributed by atoms with Crippen molar-refractivity contribution in [3.63, 3.8) is 0 Å². The first-order valence-electron chi connectivity index (χ1n) is 7.37. The van der Waals surface area contributed by atoms with Crippen molar-refractivity contribution >= 4 is 16.7 Å². The lowest BCUT2D eigenvalue weighted by atomic mass is 9.99. The highest BCUT2D eigenvalue weighted by atomic mass is 16.2. The van der Waals surface area contributed by atoms with E-state index in [2.05, 4.69) is 23.5 Å². The monoisotopic (exact) mass is 285 g/mol. The van der Waals surface area contributed by atoms with Gasteiger partial charge in [0.1, 0.15) is 0 Å². The van der Waals surface area contributed by atoms with Gasteiger partial charge in [-0.1, -0.05) is 42.5 Å². The first kappa shape index (κ1) is 15.5. The normalized spacial score (nSPS) is 13.9. The van der Waals surface area contributed by atoms with Gasteiger partial charge in [0.15, 0.2) is 0 Å². The van der Waals surface area contributed by atoms with Crippen molar-refractivity contribution in [2.24, 2.45) is 11.5 Å². The maximum atomic E-state index is 12.1. The summed E-state index contributed by atoms with van der Waals surface area (Å²) in [6.07, 6.45) is 1.38. The van der Waals surface area contributed by atoms with Gasteiger partial charge in [-0.15, -0.1) is 0 Å². The summed E-state index contributed by atoms with van der Waals surface area (Å²) in [5.74, 6) is -0.121. The molecule has 0 aliphatic heterocycles. The van der Waals surface area contributed by atoms with Crippen LogP contribution in [0.2, 0.25) is 0 Å². The molecule has 112 valence electrons. The summed E-state index contributed by atoms with van der Waals surface area (Å²) in [6, 6.07) is 13.7. The van der Waals surface area contributed by atoms with E-state index in [0.717, 1.165) is 17.4 Å². The molecule has 21 heavy (non-hydrogen) atoms. The van der Waals surface area contributed by atoms with Crippen LogP contribution in [0.4, 0.5) is 0 Å². The number of fused-ring (bicyclic) bond motifs is 1. The van der Waals surface area contributed by atoms with Crippen LogP contribution >= 0.6 is 0 Å². The van der Waals surface area contributed by atoms with E-state index in [0.29, 0.717) is 13.0 Å². The van der Waals surface area contributed by atoms with Crippen molar-refractivity contribution in [1.82, 2.24) is 5.32 Å². The van der Waals surface area contributed by atoms with Crippen LogP contribution in [-0.4, -0.2) is 18.5 Å². The van der Waals surface area contributed by atoms with Crippen LogP contribution in [0.15, 0.2) is 42.5 Å². The van der Waals surface area contributed by atoms with Gasteiger partial charge in [0.25, 0.3) is 0 Å². The van der Waals surface area contributed by atoms with Crippen LogP contribution < -0.4 is 16.8 Å². The van der Waals surface area contributed by atoms with Gasteiger partial charge in [-0.05, 0) is 42.6 Å². The zero-order valence-corrected chi connectivity index (χ0v) is 12.4. The third-order valence-electron chi connectivity index (χ3n) is 3.70.